The van der Waals surface area contributed by atoms with Gasteiger partial charge in [0.25, 0.3) is 0 Å². The van der Waals surface area contributed by atoms with E-state index in [2.05, 4.69) is 33.0 Å². The summed E-state index contributed by atoms with van der Waals surface area (Å²) in [7, 11) is 0. The van der Waals surface area contributed by atoms with Crippen molar-refractivity contribution in [3.05, 3.63) is 53.0 Å². The van der Waals surface area contributed by atoms with Crippen LogP contribution in [-0.4, -0.2) is 32.2 Å². The first kappa shape index (κ1) is 19.0. The largest absolute Gasteiger partial charge is 0.324 e. The molecule has 0 saturated carbocycles. The summed E-state index contributed by atoms with van der Waals surface area (Å²) in [6.07, 6.45) is 4.66. The van der Waals surface area contributed by atoms with Crippen molar-refractivity contribution >= 4 is 46.5 Å². The van der Waals surface area contributed by atoms with Crippen molar-refractivity contribution in [1.29, 1.82) is 0 Å². The molecule has 0 aliphatic carbocycles. The van der Waals surface area contributed by atoms with Crippen LogP contribution in [-0.2, 0) is 17.8 Å². The molecule has 1 N–H and O–H groups in total. The first-order valence-electron chi connectivity index (χ1n) is 8.18. The van der Waals surface area contributed by atoms with Crippen LogP contribution in [0, 0.1) is 0 Å². The minimum absolute atomic E-state index is 0.0377. The van der Waals surface area contributed by atoms with Crippen molar-refractivity contribution in [1.82, 2.24) is 14.8 Å². The molecule has 1 aromatic carbocycles. The van der Waals surface area contributed by atoms with Crippen molar-refractivity contribution in [2.24, 2.45) is 0 Å². The number of nitrogens with zero attached hydrogens (tertiary/aromatic N) is 3. The molecule has 0 saturated heterocycles. The maximum absolute atomic E-state index is 12.6. The Morgan fingerprint density at radius 2 is 2.15 bits per heavy atom. The highest BCUT2D eigenvalue weighted by Gasteiger charge is 2.19. The van der Waals surface area contributed by atoms with E-state index in [1.165, 1.54) is 16.6 Å². The molecule has 1 amide bonds. The van der Waals surface area contributed by atoms with E-state index < -0.39 is 0 Å². The number of aryl methyl sites for hydroxylation is 2. The number of thiophene rings is 1. The molecule has 1 unspecified atom stereocenters. The number of rotatable bonds is 8. The van der Waals surface area contributed by atoms with Crippen molar-refractivity contribution in [2.75, 3.05) is 11.6 Å². The van der Waals surface area contributed by atoms with E-state index >= 15 is 0 Å². The minimum atomic E-state index is -0.269. The lowest BCUT2D eigenvalue weighted by atomic mass is 10.3. The van der Waals surface area contributed by atoms with Crippen LogP contribution in [0.4, 0.5) is 5.69 Å². The number of thioether (sulfide) groups is 2. The van der Waals surface area contributed by atoms with E-state index in [1.54, 1.807) is 29.4 Å². The molecule has 2 aromatic heterocycles. The highest BCUT2D eigenvalue weighted by Crippen LogP contribution is 2.27. The summed E-state index contributed by atoms with van der Waals surface area (Å²) in [5.74, 6) is -0.0377. The van der Waals surface area contributed by atoms with Crippen LogP contribution < -0.4 is 5.32 Å². The first-order valence-corrected chi connectivity index (χ1v) is 11.2. The summed E-state index contributed by atoms with van der Waals surface area (Å²) in [5.41, 5.74) is 0.844. The summed E-state index contributed by atoms with van der Waals surface area (Å²) < 4.78 is 2.00. The predicted molar refractivity (Wildman–Crippen MR) is 110 cm³/mol. The molecule has 0 aliphatic rings. The highest BCUT2D eigenvalue weighted by molar-refractivity contribution is 8.00. The number of hydrogen-bond donors (Lipinski definition) is 1. The highest BCUT2D eigenvalue weighted by atomic mass is 32.2. The summed E-state index contributed by atoms with van der Waals surface area (Å²) in [6.45, 7) is 2.69. The molecule has 0 spiro atoms. The standard InChI is InChI=1S/C18H20N4OS3/c1-13(17(23)20-15-7-3-4-8-16(15)24-2)26-18-21-19-12-22(18)10-9-14-6-5-11-25-14/h3-8,11-13H,9-10H2,1-2H3,(H,20,23). The molecule has 5 nitrogen and oxygen atoms in total. The van der Waals surface area contributed by atoms with Crippen LogP contribution in [0.25, 0.3) is 0 Å². The van der Waals surface area contributed by atoms with Crippen LogP contribution >= 0.6 is 34.9 Å². The molecule has 3 rings (SSSR count). The van der Waals surface area contributed by atoms with Crippen molar-refractivity contribution in [3.63, 3.8) is 0 Å². The van der Waals surface area contributed by atoms with E-state index in [1.807, 2.05) is 42.0 Å². The summed E-state index contributed by atoms with van der Waals surface area (Å²) in [4.78, 5) is 14.9. The zero-order valence-corrected chi connectivity index (χ0v) is 17.0. The van der Waals surface area contributed by atoms with Gasteiger partial charge in [0.1, 0.15) is 6.33 Å². The number of hydrogen-bond acceptors (Lipinski definition) is 6. The third kappa shape index (κ3) is 4.90. The molecule has 2 heterocycles. The van der Waals surface area contributed by atoms with E-state index in [4.69, 9.17) is 0 Å². The van der Waals surface area contributed by atoms with Gasteiger partial charge in [-0.1, -0.05) is 30.0 Å². The normalized spacial score (nSPS) is 12.1. The van der Waals surface area contributed by atoms with Crippen LogP contribution in [0.2, 0.25) is 0 Å². The Kier molecular flexibility index (Phi) is 6.76. The molecule has 136 valence electrons. The SMILES string of the molecule is CSc1ccccc1NC(=O)C(C)Sc1nncn1CCc1cccs1. The van der Waals surface area contributed by atoms with E-state index in [-0.39, 0.29) is 11.2 Å². The molecule has 0 radical (unpaired) electrons. The number of nitrogens with one attached hydrogen (secondary N) is 1. The van der Waals surface area contributed by atoms with Crippen LogP contribution in [0.1, 0.15) is 11.8 Å². The van der Waals surface area contributed by atoms with Gasteiger partial charge in [0.05, 0.1) is 10.9 Å². The van der Waals surface area contributed by atoms with Gasteiger partial charge in [-0.3, -0.25) is 4.79 Å². The zero-order valence-electron chi connectivity index (χ0n) is 14.6. The Morgan fingerprint density at radius 1 is 1.31 bits per heavy atom. The minimum Gasteiger partial charge on any atom is -0.324 e. The topological polar surface area (TPSA) is 59.8 Å². The second kappa shape index (κ2) is 9.25. The number of carbonyl (C=O) groups is 1. The Labute approximate surface area is 165 Å². The van der Waals surface area contributed by atoms with Crippen molar-refractivity contribution in [2.45, 2.75) is 35.2 Å². The van der Waals surface area contributed by atoms with Gasteiger partial charge in [0.15, 0.2) is 5.16 Å². The number of benzene rings is 1. The smallest absolute Gasteiger partial charge is 0.237 e. The zero-order chi connectivity index (χ0) is 18.4. The van der Waals surface area contributed by atoms with Gasteiger partial charge in [-0.15, -0.1) is 33.3 Å². The van der Waals surface area contributed by atoms with Gasteiger partial charge < -0.3 is 9.88 Å². The van der Waals surface area contributed by atoms with E-state index in [0.29, 0.717) is 0 Å². The lowest BCUT2D eigenvalue weighted by Gasteiger charge is -2.14. The maximum Gasteiger partial charge on any atom is 0.237 e. The van der Waals surface area contributed by atoms with Gasteiger partial charge >= 0.3 is 0 Å². The lowest BCUT2D eigenvalue weighted by molar-refractivity contribution is -0.115. The average molecular weight is 405 g/mol. The third-order valence-corrected chi connectivity index (χ3v) is 6.60. The molecule has 0 aliphatic heterocycles. The average Bonchev–Trinajstić information content (AvgIpc) is 3.32. The quantitative estimate of drug-likeness (QED) is 0.563. The number of anilines is 1. The summed E-state index contributed by atoms with van der Waals surface area (Å²) in [6, 6.07) is 12.0. The number of aromatic nitrogens is 3. The third-order valence-electron chi connectivity index (χ3n) is 3.78. The Morgan fingerprint density at radius 3 is 2.92 bits per heavy atom. The van der Waals surface area contributed by atoms with E-state index in [9.17, 15) is 4.79 Å². The molecule has 8 heteroatoms. The van der Waals surface area contributed by atoms with Gasteiger partial charge in [0, 0.05) is 16.3 Å². The maximum atomic E-state index is 12.6. The Balaban J connectivity index is 1.60. The van der Waals surface area contributed by atoms with Crippen molar-refractivity contribution in [3.8, 4) is 0 Å². The second-order valence-corrected chi connectivity index (χ2v) is 8.77. The van der Waals surface area contributed by atoms with E-state index in [0.717, 1.165) is 28.7 Å². The van der Waals surface area contributed by atoms with Gasteiger partial charge in [-0.05, 0) is 43.2 Å². The fourth-order valence-electron chi connectivity index (χ4n) is 2.37. The Bertz CT molecular complexity index is 848. The second-order valence-electron chi connectivity index (χ2n) is 5.59. The molecule has 0 bridgehead atoms. The summed E-state index contributed by atoms with van der Waals surface area (Å²) in [5, 5.41) is 13.8. The van der Waals surface area contributed by atoms with Gasteiger partial charge in [-0.2, -0.15) is 0 Å². The van der Waals surface area contributed by atoms with Crippen LogP contribution in [0.15, 0.2) is 58.2 Å². The van der Waals surface area contributed by atoms with Gasteiger partial charge in [-0.25, -0.2) is 0 Å². The molecule has 1 atom stereocenters. The number of para-hydroxylation sites is 1. The Hall–Kier alpha value is -1.77. The van der Waals surface area contributed by atoms with Crippen molar-refractivity contribution < 1.29 is 4.79 Å². The molecule has 0 fully saturated rings. The first-order chi connectivity index (χ1) is 12.7. The van der Waals surface area contributed by atoms with Crippen LogP contribution in [0.3, 0.4) is 0 Å². The molecular formula is C18H20N4OS3. The fourth-order valence-corrected chi connectivity index (χ4v) is 4.47. The number of amides is 1. The summed E-state index contributed by atoms with van der Waals surface area (Å²) >= 11 is 4.79. The number of carbonyl (C=O) groups excluding carboxylic acids is 1. The predicted octanol–water partition coefficient (Wildman–Crippen LogP) is 4.42. The molecule has 26 heavy (non-hydrogen) atoms. The lowest BCUT2D eigenvalue weighted by Crippen LogP contribution is -2.23. The monoisotopic (exact) mass is 404 g/mol. The fraction of sp³-hybridized carbons (Fsp3) is 0.278. The van der Waals surface area contributed by atoms with Gasteiger partial charge in [0.2, 0.25) is 5.91 Å². The molecular weight excluding hydrogens is 384 g/mol. The molecule has 3 aromatic rings. The van der Waals surface area contributed by atoms with Crippen LogP contribution in [0.5, 0.6) is 0 Å².